The molecule has 2 rings (SSSR count). The molecule has 1 aliphatic rings. The van der Waals surface area contributed by atoms with E-state index in [1.165, 1.54) is 30.8 Å². The SMILES string of the molecule is CC(C)(C)NCC1CCCN(Cc2cccs2)C1. The summed E-state index contributed by atoms with van der Waals surface area (Å²) in [5.74, 6) is 0.818. The van der Waals surface area contributed by atoms with Gasteiger partial charge in [-0.25, -0.2) is 0 Å². The minimum atomic E-state index is 0.246. The Morgan fingerprint density at radius 2 is 2.28 bits per heavy atom. The molecule has 18 heavy (non-hydrogen) atoms. The lowest BCUT2D eigenvalue weighted by Gasteiger charge is -2.34. The zero-order valence-corrected chi connectivity index (χ0v) is 12.7. The minimum absolute atomic E-state index is 0.246. The Bertz CT molecular complexity index is 340. The molecule has 2 nitrogen and oxygen atoms in total. The van der Waals surface area contributed by atoms with Crippen molar-refractivity contribution in [3.05, 3.63) is 22.4 Å². The molecule has 2 heterocycles. The Morgan fingerprint density at radius 1 is 1.44 bits per heavy atom. The lowest BCUT2D eigenvalue weighted by atomic mass is 9.96. The van der Waals surface area contributed by atoms with E-state index in [0.29, 0.717) is 0 Å². The highest BCUT2D eigenvalue weighted by atomic mass is 32.1. The van der Waals surface area contributed by atoms with Gasteiger partial charge in [0.05, 0.1) is 0 Å². The molecular weight excluding hydrogens is 240 g/mol. The van der Waals surface area contributed by atoms with E-state index in [1.54, 1.807) is 0 Å². The van der Waals surface area contributed by atoms with Gasteiger partial charge in [-0.05, 0) is 64.1 Å². The summed E-state index contributed by atoms with van der Waals surface area (Å²) in [7, 11) is 0. The van der Waals surface area contributed by atoms with Crippen molar-refractivity contribution in [1.29, 1.82) is 0 Å². The number of rotatable bonds is 4. The fraction of sp³-hybridized carbons (Fsp3) is 0.733. The molecule has 0 saturated carbocycles. The summed E-state index contributed by atoms with van der Waals surface area (Å²) < 4.78 is 0. The zero-order chi connectivity index (χ0) is 13.0. The van der Waals surface area contributed by atoms with Crippen LogP contribution in [0.3, 0.4) is 0 Å². The van der Waals surface area contributed by atoms with Gasteiger partial charge in [-0.1, -0.05) is 6.07 Å². The van der Waals surface area contributed by atoms with Crippen molar-refractivity contribution in [2.45, 2.75) is 45.7 Å². The van der Waals surface area contributed by atoms with Crippen LogP contribution >= 0.6 is 11.3 Å². The number of hydrogen-bond donors (Lipinski definition) is 1. The van der Waals surface area contributed by atoms with Crippen molar-refractivity contribution in [1.82, 2.24) is 10.2 Å². The second kappa shape index (κ2) is 6.18. The molecule has 1 aromatic rings. The van der Waals surface area contributed by atoms with E-state index in [0.717, 1.165) is 19.0 Å². The van der Waals surface area contributed by atoms with Gasteiger partial charge in [0.15, 0.2) is 0 Å². The Kier molecular flexibility index (Phi) is 4.82. The maximum absolute atomic E-state index is 3.65. The fourth-order valence-electron chi connectivity index (χ4n) is 2.53. The summed E-state index contributed by atoms with van der Waals surface area (Å²) in [5.41, 5.74) is 0.246. The molecule has 1 saturated heterocycles. The molecule has 1 atom stereocenters. The molecule has 3 heteroatoms. The predicted octanol–water partition coefficient (Wildman–Crippen LogP) is 3.35. The molecule has 0 aliphatic carbocycles. The number of nitrogens with zero attached hydrogens (tertiary/aromatic N) is 1. The lowest BCUT2D eigenvalue weighted by Crippen LogP contribution is -2.44. The van der Waals surface area contributed by atoms with Crippen LogP contribution in [0.15, 0.2) is 17.5 Å². The molecular formula is C15H26N2S. The number of hydrogen-bond acceptors (Lipinski definition) is 3. The van der Waals surface area contributed by atoms with Gasteiger partial charge in [-0.15, -0.1) is 11.3 Å². The van der Waals surface area contributed by atoms with Crippen molar-refractivity contribution in [2.75, 3.05) is 19.6 Å². The Hall–Kier alpha value is -0.380. The van der Waals surface area contributed by atoms with Crippen molar-refractivity contribution in [3.63, 3.8) is 0 Å². The molecule has 0 bridgehead atoms. The number of likely N-dealkylation sites (tertiary alicyclic amines) is 1. The summed E-state index contributed by atoms with van der Waals surface area (Å²) in [6.07, 6.45) is 2.73. The van der Waals surface area contributed by atoms with Crippen LogP contribution in [0.5, 0.6) is 0 Å². The Balaban J connectivity index is 1.77. The minimum Gasteiger partial charge on any atom is -0.312 e. The highest BCUT2D eigenvalue weighted by Gasteiger charge is 2.21. The van der Waals surface area contributed by atoms with Crippen LogP contribution in [0.1, 0.15) is 38.5 Å². The van der Waals surface area contributed by atoms with E-state index in [1.807, 2.05) is 11.3 Å². The van der Waals surface area contributed by atoms with E-state index in [4.69, 9.17) is 0 Å². The maximum Gasteiger partial charge on any atom is 0.0328 e. The van der Waals surface area contributed by atoms with Gasteiger partial charge in [0, 0.05) is 23.5 Å². The van der Waals surface area contributed by atoms with E-state index in [9.17, 15) is 0 Å². The molecule has 1 N–H and O–H groups in total. The quantitative estimate of drug-likeness (QED) is 0.899. The predicted molar refractivity (Wildman–Crippen MR) is 80.1 cm³/mol. The maximum atomic E-state index is 3.65. The van der Waals surface area contributed by atoms with Gasteiger partial charge in [0.2, 0.25) is 0 Å². The van der Waals surface area contributed by atoms with Gasteiger partial charge in [0.25, 0.3) is 0 Å². The van der Waals surface area contributed by atoms with Crippen LogP contribution in [0.25, 0.3) is 0 Å². The first kappa shape index (κ1) is 14.0. The lowest BCUT2D eigenvalue weighted by molar-refractivity contribution is 0.161. The average molecular weight is 266 g/mol. The summed E-state index contributed by atoms with van der Waals surface area (Å²) in [6, 6.07) is 4.41. The second-order valence-electron chi connectivity index (χ2n) is 6.45. The first-order chi connectivity index (χ1) is 8.53. The molecule has 1 fully saturated rings. The standard InChI is InChI=1S/C15H26N2S/c1-15(2,3)16-10-13-6-4-8-17(11-13)12-14-7-5-9-18-14/h5,7,9,13,16H,4,6,8,10-12H2,1-3H3. The van der Waals surface area contributed by atoms with E-state index >= 15 is 0 Å². The third-order valence-corrected chi connectivity index (χ3v) is 4.34. The van der Waals surface area contributed by atoms with Gasteiger partial charge in [-0.2, -0.15) is 0 Å². The highest BCUT2D eigenvalue weighted by molar-refractivity contribution is 7.09. The molecule has 1 unspecified atom stereocenters. The second-order valence-corrected chi connectivity index (χ2v) is 7.49. The number of thiophene rings is 1. The monoisotopic (exact) mass is 266 g/mol. The van der Waals surface area contributed by atoms with Gasteiger partial charge in [0.1, 0.15) is 0 Å². The van der Waals surface area contributed by atoms with Gasteiger partial charge in [-0.3, -0.25) is 4.90 Å². The van der Waals surface area contributed by atoms with E-state index in [2.05, 4.69) is 48.5 Å². The average Bonchev–Trinajstić information content (AvgIpc) is 2.79. The molecule has 0 spiro atoms. The third-order valence-electron chi connectivity index (χ3n) is 3.48. The van der Waals surface area contributed by atoms with Crippen molar-refractivity contribution in [2.24, 2.45) is 5.92 Å². The van der Waals surface area contributed by atoms with E-state index in [-0.39, 0.29) is 5.54 Å². The molecule has 1 aromatic heterocycles. The van der Waals surface area contributed by atoms with Crippen LogP contribution in [-0.4, -0.2) is 30.1 Å². The Labute approximate surface area is 115 Å². The molecule has 102 valence electrons. The summed E-state index contributed by atoms with van der Waals surface area (Å²) in [5, 5.41) is 5.83. The molecule has 0 amide bonds. The summed E-state index contributed by atoms with van der Waals surface area (Å²) in [6.45, 7) is 11.6. The van der Waals surface area contributed by atoms with Crippen LogP contribution in [0.4, 0.5) is 0 Å². The zero-order valence-electron chi connectivity index (χ0n) is 11.9. The largest absolute Gasteiger partial charge is 0.312 e. The highest BCUT2D eigenvalue weighted by Crippen LogP contribution is 2.20. The molecule has 0 aromatic carbocycles. The smallest absolute Gasteiger partial charge is 0.0328 e. The van der Waals surface area contributed by atoms with Crippen molar-refractivity contribution in [3.8, 4) is 0 Å². The van der Waals surface area contributed by atoms with Crippen molar-refractivity contribution >= 4 is 11.3 Å². The first-order valence-corrected chi connectivity index (χ1v) is 7.91. The number of piperidine rings is 1. The van der Waals surface area contributed by atoms with Crippen LogP contribution in [-0.2, 0) is 6.54 Å². The molecule has 0 radical (unpaired) electrons. The topological polar surface area (TPSA) is 15.3 Å². The summed E-state index contributed by atoms with van der Waals surface area (Å²) >= 11 is 1.88. The van der Waals surface area contributed by atoms with E-state index < -0.39 is 0 Å². The Morgan fingerprint density at radius 3 is 2.94 bits per heavy atom. The van der Waals surface area contributed by atoms with Crippen molar-refractivity contribution < 1.29 is 0 Å². The summed E-state index contributed by atoms with van der Waals surface area (Å²) in [4.78, 5) is 4.11. The van der Waals surface area contributed by atoms with Crippen LogP contribution in [0, 0.1) is 5.92 Å². The molecule has 1 aliphatic heterocycles. The van der Waals surface area contributed by atoms with Crippen LogP contribution in [0.2, 0.25) is 0 Å². The number of nitrogens with one attached hydrogen (secondary N) is 1. The van der Waals surface area contributed by atoms with Gasteiger partial charge >= 0.3 is 0 Å². The third kappa shape index (κ3) is 4.71. The fourth-order valence-corrected chi connectivity index (χ4v) is 3.28. The normalized spacial score (nSPS) is 22.3. The van der Waals surface area contributed by atoms with Crippen LogP contribution < -0.4 is 5.32 Å². The first-order valence-electron chi connectivity index (χ1n) is 7.03. The van der Waals surface area contributed by atoms with Gasteiger partial charge < -0.3 is 5.32 Å².